The van der Waals surface area contributed by atoms with Crippen LogP contribution in [0.3, 0.4) is 0 Å². The summed E-state index contributed by atoms with van der Waals surface area (Å²) in [5.41, 5.74) is 0.733. The third-order valence-corrected chi connectivity index (χ3v) is 4.62. The van der Waals surface area contributed by atoms with Crippen molar-refractivity contribution in [1.82, 2.24) is 5.32 Å². The van der Waals surface area contributed by atoms with Gasteiger partial charge in [-0.1, -0.05) is 12.1 Å². The first-order valence-corrected chi connectivity index (χ1v) is 7.62. The Balaban J connectivity index is 1.93. The molecule has 1 amide bonds. The number of methoxy groups -OCH3 is 1. The summed E-state index contributed by atoms with van der Waals surface area (Å²) in [4.78, 5) is 12.5. The fourth-order valence-corrected chi connectivity index (χ4v) is 3.14. The number of carbonyl (C=O) groups excluding carboxylic acids is 1. The van der Waals surface area contributed by atoms with Gasteiger partial charge in [0, 0.05) is 11.0 Å². The molecule has 1 atom stereocenters. The molecule has 0 radical (unpaired) electrons. The van der Waals surface area contributed by atoms with Crippen LogP contribution in [0.15, 0.2) is 40.2 Å². The van der Waals surface area contributed by atoms with Crippen molar-refractivity contribution in [3.05, 3.63) is 50.6 Å². The molecular formula is C14H14BrNO3S. The molecule has 0 fully saturated rings. The van der Waals surface area contributed by atoms with Gasteiger partial charge in [-0.15, -0.1) is 11.3 Å². The van der Waals surface area contributed by atoms with E-state index in [9.17, 15) is 9.90 Å². The number of thiophene rings is 1. The van der Waals surface area contributed by atoms with E-state index >= 15 is 0 Å². The summed E-state index contributed by atoms with van der Waals surface area (Å²) in [5.74, 6) is 0.534. The van der Waals surface area contributed by atoms with Crippen molar-refractivity contribution >= 4 is 33.2 Å². The number of carbonyl (C=O) groups is 1. The van der Waals surface area contributed by atoms with Gasteiger partial charge in [0.25, 0.3) is 5.91 Å². The van der Waals surface area contributed by atoms with Crippen LogP contribution in [0.4, 0.5) is 0 Å². The van der Waals surface area contributed by atoms with Crippen LogP contribution in [0.1, 0.15) is 21.3 Å². The Kier molecular flexibility index (Phi) is 5.17. The predicted octanol–water partition coefficient (Wildman–Crippen LogP) is 2.98. The lowest BCUT2D eigenvalue weighted by molar-refractivity contribution is 0.0919. The van der Waals surface area contributed by atoms with Crippen LogP contribution in [-0.2, 0) is 0 Å². The van der Waals surface area contributed by atoms with Gasteiger partial charge in [-0.05, 0) is 45.1 Å². The van der Waals surface area contributed by atoms with Gasteiger partial charge < -0.3 is 15.2 Å². The van der Waals surface area contributed by atoms with Crippen molar-refractivity contribution in [1.29, 1.82) is 0 Å². The Morgan fingerprint density at radius 2 is 2.10 bits per heavy atom. The van der Waals surface area contributed by atoms with E-state index in [1.807, 2.05) is 11.4 Å². The van der Waals surface area contributed by atoms with E-state index in [4.69, 9.17) is 4.74 Å². The third-order valence-electron chi connectivity index (χ3n) is 2.78. The molecule has 0 spiro atoms. The first-order chi connectivity index (χ1) is 9.61. The molecule has 0 bridgehead atoms. The van der Waals surface area contributed by atoms with E-state index in [0.717, 1.165) is 15.8 Å². The van der Waals surface area contributed by atoms with Crippen LogP contribution in [0.25, 0.3) is 0 Å². The highest BCUT2D eigenvalue weighted by Crippen LogP contribution is 2.22. The highest BCUT2D eigenvalue weighted by molar-refractivity contribution is 9.10. The van der Waals surface area contributed by atoms with Gasteiger partial charge in [-0.3, -0.25) is 4.79 Å². The van der Waals surface area contributed by atoms with Crippen LogP contribution in [0, 0.1) is 0 Å². The zero-order chi connectivity index (χ0) is 14.5. The minimum Gasteiger partial charge on any atom is -0.497 e. The van der Waals surface area contributed by atoms with E-state index in [1.165, 1.54) is 11.3 Å². The van der Waals surface area contributed by atoms with Crippen molar-refractivity contribution in [3.8, 4) is 5.75 Å². The summed E-state index contributed by atoms with van der Waals surface area (Å²) in [7, 11) is 1.59. The number of nitrogens with one attached hydrogen (secondary N) is 1. The van der Waals surface area contributed by atoms with E-state index in [0.29, 0.717) is 4.88 Å². The second-order valence-electron chi connectivity index (χ2n) is 4.10. The molecule has 0 aliphatic rings. The highest BCUT2D eigenvalue weighted by Gasteiger charge is 2.14. The second-order valence-corrected chi connectivity index (χ2v) is 5.87. The van der Waals surface area contributed by atoms with Crippen LogP contribution in [0.5, 0.6) is 5.75 Å². The maximum atomic E-state index is 11.9. The Labute approximate surface area is 129 Å². The first kappa shape index (κ1) is 15.0. The molecule has 2 N–H and O–H groups in total. The zero-order valence-corrected chi connectivity index (χ0v) is 13.2. The summed E-state index contributed by atoms with van der Waals surface area (Å²) in [6.07, 6.45) is -0.747. The summed E-state index contributed by atoms with van der Waals surface area (Å²) < 4.78 is 5.82. The molecule has 2 aromatic rings. The molecule has 0 saturated heterocycles. The molecule has 20 heavy (non-hydrogen) atoms. The van der Waals surface area contributed by atoms with Crippen molar-refractivity contribution in [2.24, 2.45) is 0 Å². The van der Waals surface area contributed by atoms with Crippen molar-refractivity contribution < 1.29 is 14.6 Å². The van der Waals surface area contributed by atoms with Gasteiger partial charge in [0.2, 0.25) is 0 Å². The van der Waals surface area contributed by atoms with E-state index in [-0.39, 0.29) is 12.5 Å². The molecule has 0 aliphatic heterocycles. The highest BCUT2D eigenvalue weighted by atomic mass is 79.9. The number of benzene rings is 1. The smallest absolute Gasteiger partial charge is 0.262 e. The molecule has 0 unspecified atom stereocenters. The summed E-state index contributed by atoms with van der Waals surface area (Å²) in [6.45, 7) is 0.162. The fraction of sp³-hybridized carbons (Fsp3) is 0.214. The molecule has 4 nitrogen and oxygen atoms in total. The van der Waals surface area contributed by atoms with Gasteiger partial charge in [0.15, 0.2) is 0 Å². The van der Waals surface area contributed by atoms with E-state index < -0.39 is 6.10 Å². The molecule has 106 valence electrons. The van der Waals surface area contributed by atoms with Crippen LogP contribution < -0.4 is 10.1 Å². The van der Waals surface area contributed by atoms with Gasteiger partial charge in [0.1, 0.15) is 10.6 Å². The largest absolute Gasteiger partial charge is 0.497 e. The second kappa shape index (κ2) is 6.88. The van der Waals surface area contributed by atoms with Gasteiger partial charge >= 0.3 is 0 Å². The minimum absolute atomic E-state index is 0.162. The van der Waals surface area contributed by atoms with Gasteiger partial charge in [-0.25, -0.2) is 0 Å². The van der Waals surface area contributed by atoms with Crippen molar-refractivity contribution in [2.75, 3.05) is 13.7 Å². The number of aliphatic hydroxyl groups excluding tert-OH is 1. The predicted molar refractivity (Wildman–Crippen MR) is 82.3 cm³/mol. The lowest BCUT2D eigenvalue weighted by Gasteiger charge is -2.12. The van der Waals surface area contributed by atoms with E-state index in [1.54, 1.807) is 31.4 Å². The SMILES string of the molecule is COc1ccc([C@H](O)CNC(=O)c2sccc2Br)cc1. The fourth-order valence-electron chi connectivity index (χ4n) is 1.67. The quantitative estimate of drug-likeness (QED) is 0.866. The van der Waals surface area contributed by atoms with Crippen molar-refractivity contribution in [2.45, 2.75) is 6.10 Å². The first-order valence-electron chi connectivity index (χ1n) is 5.95. The number of halogens is 1. The summed E-state index contributed by atoms with van der Waals surface area (Å²) >= 11 is 4.66. The maximum Gasteiger partial charge on any atom is 0.262 e. The number of hydrogen-bond donors (Lipinski definition) is 2. The lowest BCUT2D eigenvalue weighted by Crippen LogP contribution is -2.27. The Morgan fingerprint density at radius 1 is 1.40 bits per heavy atom. The molecule has 6 heteroatoms. The monoisotopic (exact) mass is 355 g/mol. The zero-order valence-electron chi connectivity index (χ0n) is 10.8. The van der Waals surface area contributed by atoms with Gasteiger partial charge in [0.05, 0.1) is 13.2 Å². The number of amides is 1. The lowest BCUT2D eigenvalue weighted by atomic mass is 10.1. The molecule has 1 aromatic heterocycles. The Hall–Kier alpha value is -1.37. The number of hydrogen-bond acceptors (Lipinski definition) is 4. The molecule has 2 rings (SSSR count). The van der Waals surface area contributed by atoms with Crippen LogP contribution in [-0.4, -0.2) is 24.7 Å². The molecule has 1 heterocycles. The topological polar surface area (TPSA) is 58.6 Å². The average molecular weight is 356 g/mol. The minimum atomic E-state index is -0.747. The molecule has 0 saturated carbocycles. The number of aliphatic hydroxyl groups is 1. The summed E-state index contributed by atoms with van der Waals surface area (Å²) in [6, 6.07) is 8.92. The van der Waals surface area contributed by atoms with Gasteiger partial charge in [-0.2, -0.15) is 0 Å². The molecule has 1 aromatic carbocycles. The average Bonchev–Trinajstić information content (AvgIpc) is 2.90. The van der Waals surface area contributed by atoms with E-state index in [2.05, 4.69) is 21.2 Å². The Morgan fingerprint density at radius 3 is 2.65 bits per heavy atom. The summed E-state index contributed by atoms with van der Waals surface area (Å²) in [5, 5.41) is 14.6. The van der Waals surface area contributed by atoms with Crippen LogP contribution in [0.2, 0.25) is 0 Å². The third kappa shape index (κ3) is 3.59. The normalized spacial score (nSPS) is 11.9. The maximum absolute atomic E-state index is 11.9. The molecule has 0 aliphatic carbocycles. The number of ether oxygens (including phenoxy) is 1. The standard InChI is InChI=1S/C14H14BrNO3S/c1-19-10-4-2-9(3-5-10)12(17)8-16-14(18)13-11(15)6-7-20-13/h2-7,12,17H,8H2,1H3,(H,16,18)/t12-/m1/s1. The van der Waals surface area contributed by atoms with Crippen molar-refractivity contribution in [3.63, 3.8) is 0 Å². The Bertz CT molecular complexity index is 582. The number of rotatable bonds is 5. The van der Waals surface area contributed by atoms with Crippen LogP contribution >= 0.6 is 27.3 Å². The molecular weight excluding hydrogens is 342 g/mol.